The van der Waals surface area contributed by atoms with Crippen molar-refractivity contribution in [3.63, 3.8) is 0 Å². The van der Waals surface area contributed by atoms with E-state index in [0.29, 0.717) is 38.3 Å². The summed E-state index contributed by atoms with van der Waals surface area (Å²) >= 11 is 0. The van der Waals surface area contributed by atoms with Gasteiger partial charge in [0.2, 0.25) is 5.91 Å². The van der Waals surface area contributed by atoms with Gasteiger partial charge >= 0.3 is 6.18 Å². The maximum atomic E-state index is 12.6. The van der Waals surface area contributed by atoms with Crippen LogP contribution in [0.3, 0.4) is 0 Å². The molecule has 0 atom stereocenters. The predicted molar refractivity (Wildman–Crippen MR) is 86.1 cm³/mol. The minimum Gasteiger partial charge on any atom is -0.382 e. The van der Waals surface area contributed by atoms with Crippen LogP contribution in [0.1, 0.15) is 31.0 Å². The molecule has 0 aliphatic carbocycles. The fraction of sp³-hybridized carbons (Fsp3) is 0.412. The number of ether oxygens (including phenoxy) is 1. The maximum Gasteiger partial charge on any atom is 0.435 e. The van der Waals surface area contributed by atoms with Crippen molar-refractivity contribution in [2.24, 2.45) is 0 Å². The molecule has 0 bridgehead atoms. The van der Waals surface area contributed by atoms with E-state index in [1.165, 1.54) is 10.9 Å². The normalized spacial score (nSPS) is 11.5. The van der Waals surface area contributed by atoms with Crippen LogP contribution in [0.4, 0.5) is 13.2 Å². The SMILES string of the molecule is CCOCCCC(=O)NCc1ccc(-n2ccc(C(F)(F)F)n2)cc1. The second-order valence-electron chi connectivity index (χ2n) is 5.39. The van der Waals surface area contributed by atoms with Gasteiger partial charge in [0.1, 0.15) is 0 Å². The molecule has 1 heterocycles. The van der Waals surface area contributed by atoms with Crippen LogP contribution in [0.25, 0.3) is 5.69 Å². The van der Waals surface area contributed by atoms with Crippen molar-refractivity contribution in [3.8, 4) is 5.69 Å². The molecule has 0 fully saturated rings. The number of rotatable bonds is 8. The minimum atomic E-state index is -4.46. The summed E-state index contributed by atoms with van der Waals surface area (Å²) in [6.45, 7) is 3.45. The minimum absolute atomic E-state index is 0.0642. The van der Waals surface area contributed by atoms with Crippen LogP contribution >= 0.6 is 0 Å². The van der Waals surface area contributed by atoms with E-state index in [0.717, 1.165) is 11.6 Å². The Bertz CT molecular complexity index is 681. The van der Waals surface area contributed by atoms with Crippen LogP contribution < -0.4 is 5.32 Å². The first kappa shape index (κ1) is 19.0. The van der Waals surface area contributed by atoms with Gasteiger partial charge in [-0.05, 0) is 37.1 Å². The van der Waals surface area contributed by atoms with Crippen LogP contribution in [-0.2, 0) is 22.3 Å². The Kier molecular flexibility index (Phi) is 6.58. The van der Waals surface area contributed by atoms with Crippen LogP contribution in [-0.4, -0.2) is 28.9 Å². The molecule has 0 aliphatic heterocycles. The average molecular weight is 355 g/mol. The Morgan fingerprint density at radius 1 is 1.24 bits per heavy atom. The third-order valence-electron chi connectivity index (χ3n) is 3.47. The topological polar surface area (TPSA) is 56.1 Å². The summed E-state index contributed by atoms with van der Waals surface area (Å²) in [5, 5.41) is 6.31. The number of carbonyl (C=O) groups is 1. The number of alkyl halides is 3. The third kappa shape index (κ3) is 5.90. The molecule has 1 N–H and O–H groups in total. The summed E-state index contributed by atoms with van der Waals surface area (Å²) in [6, 6.07) is 7.72. The van der Waals surface area contributed by atoms with Gasteiger partial charge in [-0.2, -0.15) is 18.3 Å². The molecular weight excluding hydrogens is 335 g/mol. The maximum absolute atomic E-state index is 12.6. The largest absolute Gasteiger partial charge is 0.435 e. The fourth-order valence-electron chi connectivity index (χ4n) is 2.15. The fourth-order valence-corrected chi connectivity index (χ4v) is 2.15. The van der Waals surface area contributed by atoms with E-state index < -0.39 is 11.9 Å². The van der Waals surface area contributed by atoms with Gasteiger partial charge < -0.3 is 10.1 Å². The first-order chi connectivity index (χ1) is 11.9. The number of nitrogens with one attached hydrogen (secondary N) is 1. The van der Waals surface area contributed by atoms with Crippen molar-refractivity contribution in [1.29, 1.82) is 0 Å². The standard InChI is InChI=1S/C17H20F3N3O2/c1-2-25-11-3-4-16(24)21-12-13-5-7-14(8-6-13)23-10-9-15(22-23)17(18,19)20/h5-10H,2-4,11-12H2,1H3,(H,21,24). The molecule has 136 valence electrons. The smallest absolute Gasteiger partial charge is 0.382 e. The van der Waals surface area contributed by atoms with Gasteiger partial charge in [0.15, 0.2) is 5.69 Å². The van der Waals surface area contributed by atoms with Crippen molar-refractivity contribution in [1.82, 2.24) is 15.1 Å². The summed E-state index contributed by atoms with van der Waals surface area (Å²) in [4.78, 5) is 11.7. The van der Waals surface area contributed by atoms with Gasteiger partial charge in [0.05, 0.1) is 5.69 Å². The average Bonchev–Trinajstić information content (AvgIpc) is 3.08. The lowest BCUT2D eigenvalue weighted by Gasteiger charge is -2.07. The van der Waals surface area contributed by atoms with Crippen molar-refractivity contribution in [2.75, 3.05) is 13.2 Å². The number of hydrogen-bond acceptors (Lipinski definition) is 3. The van der Waals surface area contributed by atoms with E-state index in [2.05, 4.69) is 10.4 Å². The zero-order valence-corrected chi connectivity index (χ0v) is 13.8. The Balaban J connectivity index is 1.85. The number of amides is 1. The van der Waals surface area contributed by atoms with Crippen LogP contribution in [0, 0.1) is 0 Å². The van der Waals surface area contributed by atoms with E-state index in [9.17, 15) is 18.0 Å². The summed E-state index contributed by atoms with van der Waals surface area (Å²) < 4.78 is 44.0. The number of halogens is 3. The van der Waals surface area contributed by atoms with E-state index in [-0.39, 0.29) is 5.91 Å². The van der Waals surface area contributed by atoms with Crippen LogP contribution in [0.15, 0.2) is 36.5 Å². The molecular formula is C17H20F3N3O2. The Hall–Kier alpha value is -2.35. The van der Waals surface area contributed by atoms with E-state index >= 15 is 0 Å². The number of carbonyl (C=O) groups excluding carboxylic acids is 1. The quantitative estimate of drug-likeness (QED) is 0.739. The first-order valence-electron chi connectivity index (χ1n) is 7.96. The van der Waals surface area contributed by atoms with Gasteiger partial charge in [0.25, 0.3) is 0 Å². The number of nitrogens with zero attached hydrogens (tertiary/aromatic N) is 2. The van der Waals surface area contributed by atoms with E-state index in [1.54, 1.807) is 24.3 Å². The second-order valence-corrected chi connectivity index (χ2v) is 5.39. The molecule has 0 spiro atoms. The van der Waals surface area contributed by atoms with Crippen molar-refractivity contribution in [3.05, 3.63) is 47.8 Å². The summed E-state index contributed by atoms with van der Waals surface area (Å²) in [6.07, 6.45) is -2.14. The van der Waals surface area contributed by atoms with Gasteiger partial charge in [-0.15, -0.1) is 0 Å². The Morgan fingerprint density at radius 3 is 2.56 bits per heavy atom. The van der Waals surface area contributed by atoms with Crippen LogP contribution in [0.2, 0.25) is 0 Å². The molecule has 2 aromatic rings. The highest BCUT2D eigenvalue weighted by Gasteiger charge is 2.33. The zero-order chi connectivity index (χ0) is 18.3. The van der Waals surface area contributed by atoms with E-state index in [4.69, 9.17) is 4.74 Å². The van der Waals surface area contributed by atoms with E-state index in [1.807, 2.05) is 6.92 Å². The van der Waals surface area contributed by atoms with Crippen molar-refractivity contribution >= 4 is 5.91 Å². The van der Waals surface area contributed by atoms with Crippen molar-refractivity contribution in [2.45, 2.75) is 32.5 Å². The molecule has 0 saturated carbocycles. The molecule has 0 radical (unpaired) electrons. The lowest BCUT2D eigenvalue weighted by Crippen LogP contribution is -2.22. The second kappa shape index (κ2) is 8.66. The van der Waals surface area contributed by atoms with Gasteiger partial charge in [0, 0.05) is 32.4 Å². The Morgan fingerprint density at radius 2 is 1.96 bits per heavy atom. The zero-order valence-electron chi connectivity index (χ0n) is 13.8. The number of aromatic nitrogens is 2. The highest BCUT2D eigenvalue weighted by molar-refractivity contribution is 5.75. The molecule has 1 aromatic carbocycles. The highest BCUT2D eigenvalue weighted by Crippen LogP contribution is 2.27. The predicted octanol–water partition coefficient (Wildman–Crippen LogP) is 3.32. The molecule has 5 nitrogen and oxygen atoms in total. The summed E-state index contributed by atoms with van der Waals surface area (Å²) in [5.74, 6) is -0.0642. The molecule has 25 heavy (non-hydrogen) atoms. The molecule has 0 aliphatic rings. The number of benzene rings is 1. The highest BCUT2D eigenvalue weighted by atomic mass is 19.4. The summed E-state index contributed by atoms with van der Waals surface area (Å²) in [5.41, 5.74) is 0.434. The Labute approximate surface area is 143 Å². The molecule has 8 heteroatoms. The molecule has 0 saturated heterocycles. The monoisotopic (exact) mass is 355 g/mol. The van der Waals surface area contributed by atoms with Gasteiger partial charge in [-0.1, -0.05) is 12.1 Å². The van der Waals surface area contributed by atoms with Gasteiger partial charge in [-0.25, -0.2) is 4.68 Å². The number of hydrogen-bond donors (Lipinski definition) is 1. The first-order valence-corrected chi connectivity index (χ1v) is 7.96. The lowest BCUT2D eigenvalue weighted by atomic mass is 10.2. The molecule has 1 amide bonds. The molecule has 2 rings (SSSR count). The lowest BCUT2D eigenvalue weighted by molar-refractivity contribution is -0.141. The van der Waals surface area contributed by atoms with Crippen LogP contribution in [0.5, 0.6) is 0 Å². The summed E-state index contributed by atoms with van der Waals surface area (Å²) in [7, 11) is 0. The molecule has 1 aromatic heterocycles. The molecule has 0 unspecified atom stereocenters. The van der Waals surface area contributed by atoms with Crippen molar-refractivity contribution < 1.29 is 22.7 Å². The third-order valence-corrected chi connectivity index (χ3v) is 3.47. The van der Waals surface area contributed by atoms with Gasteiger partial charge in [-0.3, -0.25) is 4.79 Å².